The number of methoxy groups -OCH3 is 2. The van der Waals surface area contributed by atoms with Crippen LogP contribution in [0, 0.1) is 11.7 Å². The van der Waals surface area contributed by atoms with Gasteiger partial charge in [0.2, 0.25) is 5.91 Å². The Morgan fingerprint density at radius 1 is 1.16 bits per heavy atom. The molecule has 1 heterocycles. The van der Waals surface area contributed by atoms with Crippen LogP contribution in [0.3, 0.4) is 0 Å². The van der Waals surface area contributed by atoms with Crippen LogP contribution < -0.4 is 14.8 Å². The van der Waals surface area contributed by atoms with Crippen LogP contribution in [0.5, 0.6) is 11.5 Å². The molecule has 0 aromatic heterocycles. The molecule has 0 spiro atoms. The van der Waals surface area contributed by atoms with E-state index in [1.807, 2.05) is 24.3 Å². The zero-order valence-electron chi connectivity index (χ0n) is 18.0. The quantitative estimate of drug-likeness (QED) is 0.695. The fourth-order valence-corrected chi connectivity index (χ4v) is 3.87. The largest absolute Gasteiger partial charge is 0.497 e. The molecule has 2 amide bonds. The van der Waals surface area contributed by atoms with Gasteiger partial charge in [0.1, 0.15) is 5.75 Å². The number of hydrogen-bond donors (Lipinski definition) is 1. The number of piperidine rings is 1. The summed E-state index contributed by atoms with van der Waals surface area (Å²) in [7, 11) is 3.00. The molecule has 0 aliphatic carbocycles. The highest BCUT2D eigenvalue weighted by molar-refractivity contribution is 5.94. The summed E-state index contributed by atoms with van der Waals surface area (Å²) >= 11 is 0. The van der Waals surface area contributed by atoms with Crippen molar-refractivity contribution in [2.24, 2.45) is 5.92 Å². The van der Waals surface area contributed by atoms with Crippen LogP contribution in [0.15, 0.2) is 42.5 Å². The summed E-state index contributed by atoms with van der Waals surface area (Å²) in [6.07, 6.45) is 2.98. The Labute approximate surface area is 182 Å². The summed E-state index contributed by atoms with van der Waals surface area (Å²) in [5.74, 6) is 0.388. The predicted molar refractivity (Wildman–Crippen MR) is 116 cm³/mol. The molecule has 7 heteroatoms. The van der Waals surface area contributed by atoms with Gasteiger partial charge < -0.3 is 19.7 Å². The van der Waals surface area contributed by atoms with Gasteiger partial charge in [-0.05, 0) is 61.1 Å². The molecule has 0 unspecified atom stereocenters. The number of ether oxygens (including phenoxy) is 2. The van der Waals surface area contributed by atoms with Gasteiger partial charge in [-0.15, -0.1) is 0 Å². The Kier molecular flexibility index (Phi) is 7.87. The third-order valence-corrected chi connectivity index (χ3v) is 5.61. The van der Waals surface area contributed by atoms with Crippen LogP contribution in [-0.4, -0.2) is 44.0 Å². The average Bonchev–Trinajstić information content (AvgIpc) is 2.81. The van der Waals surface area contributed by atoms with Gasteiger partial charge in [-0.1, -0.05) is 12.1 Å². The number of rotatable bonds is 8. The van der Waals surface area contributed by atoms with Gasteiger partial charge in [-0.3, -0.25) is 9.59 Å². The molecule has 1 atom stereocenters. The SMILES string of the molecule is COc1cccc(CNC(=O)CC[C@@H]2CCCN(C(=O)c3ccc(OC)c(F)c3)C2)c1. The molecular weight excluding hydrogens is 399 g/mol. The lowest BCUT2D eigenvalue weighted by Gasteiger charge is -2.33. The van der Waals surface area contributed by atoms with E-state index in [1.54, 1.807) is 18.1 Å². The minimum Gasteiger partial charge on any atom is -0.497 e. The molecule has 1 aliphatic rings. The van der Waals surface area contributed by atoms with Gasteiger partial charge in [0.05, 0.1) is 14.2 Å². The second-order valence-electron chi connectivity index (χ2n) is 7.78. The Hall–Kier alpha value is -3.09. The fraction of sp³-hybridized carbons (Fsp3) is 0.417. The first-order chi connectivity index (χ1) is 15.0. The minimum atomic E-state index is -0.547. The van der Waals surface area contributed by atoms with Gasteiger partial charge >= 0.3 is 0 Å². The highest BCUT2D eigenvalue weighted by atomic mass is 19.1. The van der Waals surface area contributed by atoms with Crippen LogP contribution >= 0.6 is 0 Å². The lowest BCUT2D eigenvalue weighted by Crippen LogP contribution is -2.40. The van der Waals surface area contributed by atoms with E-state index in [1.165, 1.54) is 19.2 Å². The lowest BCUT2D eigenvalue weighted by atomic mass is 9.92. The summed E-state index contributed by atoms with van der Waals surface area (Å²) in [6.45, 7) is 1.68. The van der Waals surface area contributed by atoms with E-state index in [9.17, 15) is 14.0 Å². The number of halogens is 1. The van der Waals surface area contributed by atoms with Crippen molar-refractivity contribution in [3.05, 3.63) is 59.4 Å². The Balaban J connectivity index is 1.47. The van der Waals surface area contributed by atoms with E-state index in [2.05, 4.69) is 5.32 Å². The molecule has 0 bridgehead atoms. The molecule has 2 aromatic rings. The molecule has 6 nitrogen and oxygen atoms in total. The number of carbonyl (C=O) groups excluding carboxylic acids is 2. The predicted octanol–water partition coefficient (Wildman–Crippen LogP) is 3.79. The van der Waals surface area contributed by atoms with E-state index < -0.39 is 5.82 Å². The first-order valence-electron chi connectivity index (χ1n) is 10.5. The molecule has 31 heavy (non-hydrogen) atoms. The van der Waals surface area contributed by atoms with E-state index in [4.69, 9.17) is 9.47 Å². The average molecular weight is 429 g/mol. The van der Waals surface area contributed by atoms with Gasteiger partial charge in [0.15, 0.2) is 11.6 Å². The van der Waals surface area contributed by atoms with Gasteiger partial charge in [-0.25, -0.2) is 4.39 Å². The van der Waals surface area contributed by atoms with Crippen LogP contribution in [0.2, 0.25) is 0 Å². The second kappa shape index (κ2) is 10.8. The summed E-state index contributed by atoms with van der Waals surface area (Å²) in [6, 6.07) is 11.9. The van der Waals surface area contributed by atoms with E-state index in [0.29, 0.717) is 38.0 Å². The lowest BCUT2D eigenvalue weighted by molar-refractivity contribution is -0.121. The Morgan fingerprint density at radius 3 is 2.74 bits per heavy atom. The maximum Gasteiger partial charge on any atom is 0.253 e. The number of nitrogens with zero attached hydrogens (tertiary/aromatic N) is 1. The van der Waals surface area contributed by atoms with Gasteiger partial charge in [-0.2, -0.15) is 0 Å². The number of amides is 2. The first kappa shape index (κ1) is 22.6. The van der Waals surface area contributed by atoms with Crippen LogP contribution in [-0.2, 0) is 11.3 Å². The number of nitrogens with one attached hydrogen (secondary N) is 1. The molecule has 0 saturated carbocycles. The van der Waals surface area contributed by atoms with Crippen LogP contribution in [0.4, 0.5) is 4.39 Å². The standard InChI is InChI=1S/C24H29FN2O4/c1-30-20-7-3-5-18(13-20)15-26-23(28)11-8-17-6-4-12-27(16-17)24(29)19-9-10-22(31-2)21(25)14-19/h3,5,7,9-10,13-14,17H,4,6,8,11-12,15-16H2,1-2H3,(H,26,28)/t17-/m0/s1. The highest BCUT2D eigenvalue weighted by Crippen LogP contribution is 2.24. The number of carbonyl (C=O) groups is 2. The van der Waals surface area contributed by atoms with Crippen molar-refractivity contribution >= 4 is 11.8 Å². The molecule has 1 saturated heterocycles. The van der Waals surface area contributed by atoms with Crippen molar-refractivity contribution < 1.29 is 23.5 Å². The Morgan fingerprint density at radius 2 is 2.00 bits per heavy atom. The summed E-state index contributed by atoms with van der Waals surface area (Å²) in [5.41, 5.74) is 1.30. The third kappa shape index (κ3) is 6.20. The minimum absolute atomic E-state index is 0.0107. The van der Waals surface area contributed by atoms with Crippen molar-refractivity contribution in [1.82, 2.24) is 10.2 Å². The van der Waals surface area contributed by atoms with E-state index in [-0.39, 0.29) is 23.5 Å². The molecule has 166 valence electrons. The zero-order valence-corrected chi connectivity index (χ0v) is 18.0. The molecule has 1 aliphatic heterocycles. The number of benzene rings is 2. The first-order valence-corrected chi connectivity index (χ1v) is 10.5. The van der Waals surface area contributed by atoms with Crippen molar-refractivity contribution in [2.45, 2.75) is 32.2 Å². The molecule has 1 fully saturated rings. The maximum absolute atomic E-state index is 14.0. The molecule has 0 radical (unpaired) electrons. The Bertz CT molecular complexity index is 918. The molecular formula is C24H29FN2O4. The number of likely N-dealkylation sites (tertiary alicyclic amines) is 1. The van der Waals surface area contributed by atoms with Gasteiger partial charge in [0.25, 0.3) is 5.91 Å². The fourth-order valence-electron chi connectivity index (χ4n) is 3.87. The van der Waals surface area contributed by atoms with Gasteiger partial charge in [0, 0.05) is 31.6 Å². The van der Waals surface area contributed by atoms with Crippen LogP contribution in [0.1, 0.15) is 41.6 Å². The summed E-state index contributed by atoms with van der Waals surface area (Å²) in [5, 5.41) is 2.94. The third-order valence-electron chi connectivity index (χ3n) is 5.61. The van der Waals surface area contributed by atoms with Crippen molar-refractivity contribution in [2.75, 3.05) is 27.3 Å². The summed E-state index contributed by atoms with van der Waals surface area (Å²) < 4.78 is 24.1. The smallest absolute Gasteiger partial charge is 0.253 e. The van der Waals surface area contributed by atoms with E-state index >= 15 is 0 Å². The molecule has 1 N–H and O–H groups in total. The van der Waals surface area contributed by atoms with Crippen LogP contribution in [0.25, 0.3) is 0 Å². The second-order valence-corrected chi connectivity index (χ2v) is 7.78. The molecule has 3 rings (SSSR count). The normalized spacial score (nSPS) is 16.0. The number of hydrogen-bond acceptors (Lipinski definition) is 4. The van der Waals surface area contributed by atoms with Crippen molar-refractivity contribution in [3.63, 3.8) is 0 Å². The zero-order chi connectivity index (χ0) is 22.2. The maximum atomic E-state index is 14.0. The molecule has 2 aromatic carbocycles. The van der Waals surface area contributed by atoms with Crippen molar-refractivity contribution in [3.8, 4) is 11.5 Å². The monoisotopic (exact) mass is 428 g/mol. The topological polar surface area (TPSA) is 67.9 Å². The highest BCUT2D eigenvalue weighted by Gasteiger charge is 2.25. The van der Waals surface area contributed by atoms with Crippen molar-refractivity contribution in [1.29, 1.82) is 0 Å². The summed E-state index contributed by atoms with van der Waals surface area (Å²) in [4.78, 5) is 26.8. The van der Waals surface area contributed by atoms with E-state index in [0.717, 1.165) is 24.2 Å².